The molecule has 6 aromatic rings. The number of fused-ring (bicyclic) bond motifs is 8. The third-order valence-corrected chi connectivity index (χ3v) is 15.1. The summed E-state index contributed by atoms with van der Waals surface area (Å²) in [6.45, 7) is 10.4. The predicted octanol–water partition coefficient (Wildman–Crippen LogP) is 12.1. The van der Waals surface area contributed by atoms with Gasteiger partial charge in [-0.05, 0) is 89.9 Å². The highest BCUT2D eigenvalue weighted by Crippen LogP contribution is 2.52. The van der Waals surface area contributed by atoms with Crippen LogP contribution >= 0.6 is 55.1 Å². The Morgan fingerprint density at radius 1 is 0.698 bits per heavy atom. The lowest BCUT2D eigenvalue weighted by molar-refractivity contribution is -0.124. The van der Waals surface area contributed by atoms with E-state index in [0.29, 0.717) is 56.2 Å². The molecule has 2 aromatic heterocycles. The van der Waals surface area contributed by atoms with Crippen molar-refractivity contribution in [3.63, 3.8) is 0 Å². The summed E-state index contributed by atoms with van der Waals surface area (Å²) < 4.78 is 40.3. The van der Waals surface area contributed by atoms with Gasteiger partial charge in [0.05, 0.1) is 65.7 Å². The van der Waals surface area contributed by atoms with Crippen molar-refractivity contribution in [2.75, 3.05) is 55.0 Å². The summed E-state index contributed by atoms with van der Waals surface area (Å²) in [4.78, 5) is 39.8. The van der Waals surface area contributed by atoms with Crippen LogP contribution in [-0.4, -0.2) is 80.4 Å². The van der Waals surface area contributed by atoms with Gasteiger partial charge < -0.3 is 29.3 Å². The molecule has 0 unspecified atom stereocenters. The van der Waals surface area contributed by atoms with Crippen LogP contribution in [0.3, 0.4) is 0 Å². The molecule has 5 aliphatic heterocycles. The highest BCUT2D eigenvalue weighted by Gasteiger charge is 2.59. The van der Waals surface area contributed by atoms with Gasteiger partial charge in [0.15, 0.2) is 0 Å². The molecule has 2 spiro atoms. The molecule has 4 aromatic carbocycles. The number of carbonyl (C=O) groups is 2. The normalized spacial score (nSPS) is 19.4. The zero-order chi connectivity index (χ0) is 45.0. The Morgan fingerprint density at radius 2 is 1.16 bits per heavy atom. The quantitative estimate of drug-likeness (QED) is 0.171. The fourth-order valence-electron chi connectivity index (χ4n) is 9.06. The molecule has 0 atom stereocenters. The van der Waals surface area contributed by atoms with Crippen LogP contribution in [0.4, 0.5) is 25.8 Å². The van der Waals surface area contributed by atoms with Crippen molar-refractivity contribution in [3.8, 4) is 0 Å². The maximum Gasteiger partial charge on any atom is 0.496 e. The summed E-state index contributed by atoms with van der Waals surface area (Å²) >= 11 is 18.9. The van der Waals surface area contributed by atoms with Crippen molar-refractivity contribution in [1.29, 1.82) is 0 Å². The first-order valence-electron chi connectivity index (χ1n) is 20.2. The van der Waals surface area contributed by atoms with Crippen molar-refractivity contribution in [2.45, 2.75) is 49.7 Å². The van der Waals surface area contributed by atoms with Crippen molar-refractivity contribution in [1.82, 2.24) is 15.3 Å². The Kier molecular flexibility index (Phi) is 11.0. The Morgan fingerprint density at radius 3 is 1.63 bits per heavy atom. The maximum atomic E-state index is 14.0. The highest BCUT2D eigenvalue weighted by atomic mass is 79.9. The largest absolute Gasteiger partial charge is 0.496 e. The number of carbonyl (C=O) groups excluding carboxylic acids is 2. The number of hydrogen-bond donors (Lipinski definition) is 1. The number of pyridine rings is 2. The van der Waals surface area contributed by atoms with Gasteiger partial charge in [-0.3, -0.25) is 19.6 Å². The summed E-state index contributed by atoms with van der Waals surface area (Å²) in [6, 6.07) is 21.5. The Hall–Kier alpha value is -4.22. The number of likely N-dealkylation sites (N-methyl/N-ethyl adjacent to an activating group) is 2. The lowest BCUT2D eigenvalue weighted by Gasteiger charge is -2.48. The predicted molar refractivity (Wildman–Crippen MR) is 278 cm³/mol. The lowest BCUT2D eigenvalue weighted by Crippen LogP contribution is -2.64. The molecule has 0 saturated carbocycles. The van der Waals surface area contributed by atoms with Gasteiger partial charge in [0.25, 0.3) is 0 Å². The maximum absolute atomic E-state index is 14.0. The Balaban J connectivity index is -0.000000480. The van der Waals surface area contributed by atoms with Crippen molar-refractivity contribution in [3.05, 3.63) is 127 Å². The van der Waals surface area contributed by atoms with Gasteiger partial charge in [-0.2, -0.15) is 0 Å². The van der Waals surface area contributed by atoms with E-state index in [0.717, 1.165) is 44.4 Å². The van der Waals surface area contributed by atoms with Gasteiger partial charge in [0, 0.05) is 102 Å². The molecule has 0 radical (unpaired) electrons. The van der Waals surface area contributed by atoms with Crippen LogP contribution in [0.2, 0.25) is 10.0 Å². The minimum atomic E-state index is -0.665. The standard InChI is InChI=1S/C20H14BrClFN3O.C14H11BrFN3O.C12H16BClO2.12H2/c1-25-17-8-24-15-7-14(23)12(21)6-11(15)18(17)20(19(25)27)9-26(10-20)16-5-3-2-4-13(16)22;1-19-11-4-18-10-3-9(16)8(15)2-7(10)12(11)14(13(19)20)5-17-6-14;1-11(2)12(3,4)16-13(15-11)9-7-5-6-8-10(9)14;;;;;;;;;;;;/h2-8H,9-10H2,1H3;2-4,17H,5-6H2,1H3;5-8H,1-4H3;12*1H. The third kappa shape index (κ3) is 6.96. The Bertz CT molecular complexity index is 2930. The second-order valence-corrected chi connectivity index (χ2v) is 20.0. The van der Waals surface area contributed by atoms with Crippen LogP contribution in [0.5, 0.6) is 0 Å². The topological polar surface area (TPSA) is 100 Å². The van der Waals surface area contributed by atoms with Crippen molar-refractivity contribution < 1.29 is 44.8 Å². The molecule has 3 fully saturated rings. The van der Waals surface area contributed by atoms with E-state index in [1.165, 1.54) is 12.1 Å². The van der Waals surface area contributed by atoms with Crippen molar-refractivity contribution >= 4 is 118 Å². The first kappa shape index (κ1) is 44.0. The first-order valence-corrected chi connectivity index (χ1v) is 22.6. The summed E-state index contributed by atoms with van der Waals surface area (Å²) in [6.07, 6.45) is 3.33. The molecule has 17 heteroatoms. The summed E-state index contributed by atoms with van der Waals surface area (Å²) in [5, 5.41) is 6.16. The van der Waals surface area contributed by atoms with E-state index in [2.05, 4.69) is 52.0 Å². The molecule has 5 aliphatic rings. The summed E-state index contributed by atoms with van der Waals surface area (Å²) in [7, 11) is 3.15. The van der Waals surface area contributed by atoms with Crippen LogP contribution in [0.25, 0.3) is 21.8 Å². The molecule has 2 amide bonds. The molecular weight excluding hydrogens is 980 g/mol. The summed E-state index contributed by atoms with van der Waals surface area (Å²) in [5.41, 5.74) is 4.61. The van der Waals surface area contributed by atoms with Crippen LogP contribution in [0.1, 0.15) is 55.9 Å². The van der Waals surface area contributed by atoms with Crippen LogP contribution in [0.15, 0.2) is 94.1 Å². The first-order chi connectivity index (χ1) is 29.8. The number of nitrogens with one attached hydrogen (secondary N) is 1. The number of nitrogens with zero attached hydrogens (tertiary/aromatic N) is 5. The lowest BCUT2D eigenvalue weighted by atomic mass is 9.73. The molecule has 11 rings (SSSR count). The third-order valence-electron chi connectivity index (χ3n) is 13.3. The number of para-hydroxylation sites is 1. The minimum absolute atomic E-state index is 0. The van der Waals surface area contributed by atoms with Crippen LogP contribution in [0, 0.1) is 11.6 Å². The molecular formula is C46H65BBr2Cl2F2N6O4. The van der Waals surface area contributed by atoms with E-state index in [1.54, 1.807) is 48.4 Å². The van der Waals surface area contributed by atoms with Crippen LogP contribution < -0.4 is 25.5 Å². The molecule has 0 bridgehead atoms. The van der Waals surface area contributed by atoms with Gasteiger partial charge >= 0.3 is 7.12 Å². The fraction of sp³-hybridized carbons (Fsp3) is 0.304. The van der Waals surface area contributed by atoms with E-state index in [4.69, 9.17) is 32.5 Å². The van der Waals surface area contributed by atoms with E-state index < -0.39 is 10.8 Å². The number of rotatable bonds is 2. The highest BCUT2D eigenvalue weighted by molar-refractivity contribution is 9.10. The van der Waals surface area contributed by atoms with Gasteiger partial charge in [-0.15, -0.1) is 0 Å². The average Bonchev–Trinajstić information content (AvgIpc) is 3.69. The zero-order valence-corrected chi connectivity index (χ0v) is 39.8. The fourth-order valence-corrected chi connectivity index (χ4v) is 10.2. The van der Waals surface area contributed by atoms with Gasteiger partial charge in [-0.25, -0.2) is 8.78 Å². The molecule has 10 nitrogen and oxygen atoms in total. The average molecular weight is 1050 g/mol. The number of benzene rings is 4. The van der Waals surface area contributed by atoms with Gasteiger partial charge in [0.2, 0.25) is 11.8 Å². The molecule has 1 N–H and O–H groups in total. The smallest absolute Gasteiger partial charge is 0.399 e. The number of anilines is 3. The van der Waals surface area contributed by atoms with E-state index in [1.807, 2.05) is 76.2 Å². The molecule has 0 aliphatic carbocycles. The number of halogens is 6. The second-order valence-electron chi connectivity index (χ2n) is 17.5. The molecule has 7 heterocycles. The number of amides is 2. The number of hydrogen-bond acceptors (Lipinski definition) is 8. The van der Waals surface area contributed by atoms with Gasteiger partial charge in [-0.1, -0.05) is 53.5 Å². The van der Waals surface area contributed by atoms with E-state index in [9.17, 15) is 18.4 Å². The zero-order valence-electron chi connectivity index (χ0n) is 35.1. The molecule has 348 valence electrons. The Labute approximate surface area is 408 Å². The SMILES string of the molecule is CC1(C)OB(c2ccccc2Cl)OC1(C)C.CN1C(=O)C2(CN(c3ccccc3Cl)C2)c2c1cnc1cc(F)c(Br)cc21.CN1C(=O)C2(CNC2)c2c1cnc1cc(F)c(Br)cc21.[HH].[HH].[HH].[HH].[HH].[HH].[HH].[HH].[HH].[HH].[HH].[HH]. The monoisotopic (exact) mass is 1040 g/mol. The summed E-state index contributed by atoms with van der Waals surface area (Å²) in [5.74, 6) is -0.590. The number of aromatic nitrogens is 2. The molecule has 3 saturated heterocycles. The van der Waals surface area contributed by atoms with Gasteiger partial charge in [0.1, 0.15) is 22.5 Å². The van der Waals surface area contributed by atoms with Crippen molar-refractivity contribution in [2.24, 2.45) is 0 Å². The van der Waals surface area contributed by atoms with E-state index in [-0.39, 0.29) is 58.9 Å². The minimum Gasteiger partial charge on any atom is -0.399 e. The molecule has 63 heavy (non-hydrogen) atoms. The van der Waals surface area contributed by atoms with Crippen LogP contribution in [-0.2, 0) is 29.7 Å². The van der Waals surface area contributed by atoms with E-state index >= 15 is 0 Å². The second kappa shape index (κ2) is 15.7.